The lowest BCUT2D eigenvalue weighted by atomic mass is 9.80. The van der Waals surface area contributed by atoms with Gasteiger partial charge >= 0.3 is 0 Å². The topological polar surface area (TPSA) is 0 Å². The molecule has 0 spiro atoms. The molecule has 0 heterocycles. The highest BCUT2D eigenvalue weighted by Crippen LogP contribution is 2.34. The zero-order valence-corrected chi connectivity index (χ0v) is 10.2. The molecule has 94 valence electrons. The van der Waals surface area contributed by atoms with Crippen molar-refractivity contribution in [3.63, 3.8) is 0 Å². The third-order valence-corrected chi connectivity index (χ3v) is 3.33. The number of halogens is 2. The lowest BCUT2D eigenvalue weighted by molar-refractivity contribution is 0.292. The maximum atomic E-state index is 13.5. The van der Waals surface area contributed by atoms with Crippen LogP contribution in [0.1, 0.15) is 32.1 Å². The lowest BCUT2D eigenvalue weighted by Gasteiger charge is -2.25. The molecule has 0 saturated heterocycles. The molecule has 1 rings (SSSR count). The summed E-state index contributed by atoms with van der Waals surface area (Å²) in [6.07, 6.45) is 10.2. The van der Waals surface area contributed by atoms with Gasteiger partial charge in [-0.15, -0.1) is 6.58 Å². The molecule has 1 aliphatic carbocycles. The van der Waals surface area contributed by atoms with Gasteiger partial charge in [-0.1, -0.05) is 24.8 Å². The fourth-order valence-corrected chi connectivity index (χ4v) is 2.22. The molecule has 0 radical (unpaired) electrons. The molecule has 0 amide bonds. The van der Waals surface area contributed by atoms with Crippen LogP contribution in [-0.4, -0.2) is 0 Å². The van der Waals surface area contributed by atoms with Crippen molar-refractivity contribution in [3.8, 4) is 0 Å². The summed E-state index contributed by atoms with van der Waals surface area (Å²) in [6.45, 7) is 7.19. The van der Waals surface area contributed by atoms with Gasteiger partial charge < -0.3 is 0 Å². The van der Waals surface area contributed by atoms with Crippen LogP contribution in [0.3, 0.4) is 0 Å². The van der Waals surface area contributed by atoms with Crippen molar-refractivity contribution >= 4 is 0 Å². The van der Waals surface area contributed by atoms with Crippen LogP contribution >= 0.6 is 0 Å². The predicted octanol–water partition coefficient (Wildman–Crippen LogP) is 5.26. The van der Waals surface area contributed by atoms with E-state index in [4.69, 9.17) is 0 Å². The highest BCUT2D eigenvalue weighted by Gasteiger charge is 2.21. The molecule has 0 unspecified atom stereocenters. The monoisotopic (exact) mass is 238 g/mol. The van der Waals surface area contributed by atoms with Crippen molar-refractivity contribution < 1.29 is 8.78 Å². The first-order chi connectivity index (χ1) is 8.17. The number of hydrogen-bond donors (Lipinski definition) is 0. The lowest BCUT2D eigenvalue weighted by Crippen LogP contribution is -2.13. The van der Waals surface area contributed by atoms with E-state index in [1.807, 2.05) is 6.08 Å². The third kappa shape index (κ3) is 4.68. The normalized spacial score (nSPS) is 26.7. The van der Waals surface area contributed by atoms with Crippen LogP contribution < -0.4 is 0 Å². The Hall–Kier alpha value is -1.18. The summed E-state index contributed by atoms with van der Waals surface area (Å²) in [4.78, 5) is 0. The van der Waals surface area contributed by atoms with Gasteiger partial charge in [0.2, 0.25) is 0 Å². The largest absolute Gasteiger partial charge is 0.209 e. The molecular weight excluding hydrogens is 218 g/mol. The van der Waals surface area contributed by atoms with Gasteiger partial charge in [-0.25, -0.2) is 8.78 Å². The summed E-state index contributed by atoms with van der Waals surface area (Å²) in [7, 11) is 0. The van der Waals surface area contributed by atoms with Crippen molar-refractivity contribution in [1.29, 1.82) is 0 Å². The van der Waals surface area contributed by atoms with E-state index in [1.165, 1.54) is 12.2 Å². The van der Waals surface area contributed by atoms with Gasteiger partial charge in [-0.2, -0.15) is 0 Å². The molecule has 0 aromatic heterocycles. The molecular formula is C15H20F2. The quantitative estimate of drug-likeness (QED) is 0.452. The number of hydrogen-bond acceptors (Lipinski definition) is 0. The van der Waals surface area contributed by atoms with Crippen molar-refractivity contribution in [2.75, 3.05) is 0 Å². The van der Waals surface area contributed by atoms with Crippen LogP contribution in [0.2, 0.25) is 0 Å². The molecule has 0 N–H and O–H groups in total. The van der Waals surface area contributed by atoms with Crippen molar-refractivity contribution in [2.24, 2.45) is 11.8 Å². The molecule has 0 aromatic carbocycles. The van der Waals surface area contributed by atoms with Gasteiger partial charge in [0.05, 0.1) is 0 Å². The van der Waals surface area contributed by atoms with Crippen LogP contribution in [0.4, 0.5) is 8.78 Å². The fraction of sp³-hybridized carbons (Fsp3) is 0.467. The average molecular weight is 238 g/mol. The Morgan fingerprint density at radius 2 is 1.76 bits per heavy atom. The molecule has 1 aliphatic rings. The van der Waals surface area contributed by atoms with Crippen LogP contribution in [-0.2, 0) is 0 Å². The number of allylic oxidation sites excluding steroid dienone is 6. The van der Waals surface area contributed by atoms with Crippen LogP contribution in [0.15, 0.2) is 49.1 Å². The molecule has 1 fully saturated rings. The minimum absolute atomic E-state index is 0.219. The summed E-state index contributed by atoms with van der Waals surface area (Å²) in [5.74, 6) is -0.571. The van der Waals surface area contributed by atoms with Gasteiger partial charge in [-0.05, 0) is 43.6 Å². The zero-order valence-electron chi connectivity index (χ0n) is 10.2. The third-order valence-electron chi connectivity index (χ3n) is 3.33. The second-order valence-corrected chi connectivity index (χ2v) is 4.57. The van der Waals surface area contributed by atoms with E-state index >= 15 is 0 Å². The summed E-state index contributed by atoms with van der Waals surface area (Å²) >= 11 is 0. The highest BCUT2D eigenvalue weighted by molar-refractivity contribution is 5.18. The van der Waals surface area contributed by atoms with E-state index < -0.39 is 11.7 Å². The smallest absolute Gasteiger partial charge is 0.154 e. The highest BCUT2D eigenvalue weighted by atomic mass is 19.2. The van der Waals surface area contributed by atoms with Gasteiger partial charge in [0.15, 0.2) is 5.83 Å². The van der Waals surface area contributed by atoms with Crippen LogP contribution in [0.25, 0.3) is 0 Å². The summed E-state index contributed by atoms with van der Waals surface area (Å²) in [5.41, 5.74) is 0. The van der Waals surface area contributed by atoms with Crippen LogP contribution in [0.5, 0.6) is 0 Å². The Morgan fingerprint density at radius 1 is 1.12 bits per heavy atom. The van der Waals surface area contributed by atoms with E-state index in [0.717, 1.165) is 31.8 Å². The first-order valence-electron chi connectivity index (χ1n) is 6.13. The zero-order chi connectivity index (χ0) is 12.7. The minimum atomic E-state index is -0.768. The molecule has 1 saturated carbocycles. The molecule has 2 heteroatoms. The number of rotatable bonds is 5. The predicted molar refractivity (Wildman–Crippen MR) is 68.8 cm³/mol. The second kappa shape index (κ2) is 7.21. The van der Waals surface area contributed by atoms with Gasteiger partial charge in [0.25, 0.3) is 0 Å². The summed E-state index contributed by atoms with van der Waals surface area (Å²) < 4.78 is 26.7. The van der Waals surface area contributed by atoms with E-state index in [1.54, 1.807) is 0 Å². The molecule has 0 atom stereocenters. The van der Waals surface area contributed by atoms with E-state index in [9.17, 15) is 8.78 Å². The van der Waals surface area contributed by atoms with E-state index in [0.29, 0.717) is 5.92 Å². The standard InChI is InChI=1S/C15H20F2/c1-3-5-6-14(16)15(17)11-13-9-7-12(4-2)8-10-13/h3-6,12-13H,1-2,7-11H2/b6-5-,15-14-. The average Bonchev–Trinajstić information content (AvgIpc) is 2.36. The van der Waals surface area contributed by atoms with Gasteiger partial charge in [0.1, 0.15) is 5.83 Å². The van der Waals surface area contributed by atoms with Gasteiger partial charge in [0, 0.05) is 6.42 Å². The fourth-order valence-electron chi connectivity index (χ4n) is 2.22. The Bertz CT molecular complexity index is 318. The maximum absolute atomic E-state index is 13.5. The molecule has 0 bridgehead atoms. The summed E-state index contributed by atoms with van der Waals surface area (Å²) in [5, 5.41) is 0. The SMILES string of the molecule is C=C/C=C\C(F)=C(\F)CC1CCC(C=C)CC1. The Morgan fingerprint density at radius 3 is 2.29 bits per heavy atom. The first kappa shape index (κ1) is 13.9. The minimum Gasteiger partial charge on any atom is -0.209 e. The molecule has 0 aliphatic heterocycles. The van der Waals surface area contributed by atoms with Crippen LogP contribution in [0, 0.1) is 11.8 Å². The Labute approximate surface area is 102 Å². The van der Waals surface area contributed by atoms with E-state index in [-0.39, 0.29) is 12.3 Å². The maximum Gasteiger partial charge on any atom is 0.154 e. The van der Waals surface area contributed by atoms with Gasteiger partial charge in [-0.3, -0.25) is 0 Å². The van der Waals surface area contributed by atoms with Crippen molar-refractivity contribution in [3.05, 3.63) is 49.1 Å². The molecule has 0 aromatic rings. The Kier molecular flexibility index (Phi) is 5.88. The summed E-state index contributed by atoms with van der Waals surface area (Å²) in [6, 6.07) is 0. The van der Waals surface area contributed by atoms with E-state index in [2.05, 4.69) is 13.2 Å². The van der Waals surface area contributed by atoms with Crippen molar-refractivity contribution in [2.45, 2.75) is 32.1 Å². The second-order valence-electron chi connectivity index (χ2n) is 4.57. The first-order valence-corrected chi connectivity index (χ1v) is 6.13. The Balaban J connectivity index is 2.46. The van der Waals surface area contributed by atoms with Crippen molar-refractivity contribution in [1.82, 2.24) is 0 Å². The molecule has 17 heavy (non-hydrogen) atoms. The molecule has 0 nitrogen and oxygen atoms in total.